The van der Waals surface area contributed by atoms with Gasteiger partial charge in [-0.3, -0.25) is 9.59 Å². The zero-order valence-electron chi connectivity index (χ0n) is 12.5. The smallest absolute Gasteiger partial charge is 0.323 e. The molecule has 0 radical (unpaired) electrons. The second-order valence-corrected chi connectivity index (χ2v) is 6.08. The summed E-state index contributed by atoms with van der Waals surface area (Å²) >= 11 is 1.38. The average Bonchev–Trinajstić information content (AvgIpc) is 2.43. The summed E-state index contributed by atoms with van der Waals surface area (Å²) in [6.45, 7) is 4.11. The van der Waals surface area contributed by atoms with Gasteiger partial charge in [-0.05, 0) is 24.1 Å². The summed E-state index contributed by atoms with van der Waals surface area (Å²) in [7, 11) is 1.59. The number of nitrogens with zero attached hydrogens (tertiary/aromatic N) is 1. The second-order valence-electron chi connectivity index (χ2n) is 5.03. The Morgan fingerprint density at radius 3 is 2.67 bits per heavy atom. The molecule has 0 bridgehead atoms. The van der Waals surface area contributed by atoms with Gasteiger partial charge in [0, 0.05) is 11.4 Å². The molecule has 5 nitrogen and oxygen atoms in total. The molecule has 0 unspecified atom stereocenters. The lowest BCUT2D eigenvalue weighted by Gasteiger charge is -2.22. The molecule has 0 aliphatic carbocycles. The van der Waals surface area contributed by atoms with E-state index in [4.69, 9.17) is 9.84 Å². The first-order valence-corrected chi connectivity index (χ1v) is 7.67. The lowest BCUT2D eigenvalue weighted by Crippen LogP contribution is -2.39. The Balaban J connectivity index is 2.61. The molecule has 0 aliphatic rings. The van der Waals surface area contributed by atoms with Crippen LogP contribution in [0.1, 0.15) is 13.8 Å². The Morgan fingerprint density at radius 2 is 2.10 bits per heavy atom. The summed E-state index contributed by atoms with van der Waals surface area (Å²) in [5, 5.41) is 8.88. The van der Waals surface area contributed by atoms with Crippen LogP contribution in [0.2, 0.25) is 0 Å². The molecular formula is C15H21NO4S. The molecule has 0 aliphatic heterocycles. The summed E-state index contributed by atoms with van der Waals surface area (Å²) in [6, 6.07) is 7.43. The number of hydrogen-bond donors (Lipinski definition) is 1. The van der Waals surface area contributed by atoms with Gasteiger partial charge >= 0.3 is 5.97 Å². The van der Waals surface area contributed by atoms with E-state index in [0.717, 1.165) is 10.6 Å². The molecule has 21 heavy (non-hydrogen) atoms. The van der Waals surface area contributed by atoms with Crippen molar-refractivity contribution in [2.75, 3.05) is 26.0 Å². The van der Waals surface area contributed by atoms with Crippen LogP contribution >= 0.6 is 11.8 Å². The van der Waals surface area contributed by atoms with Gasteiger partial charge in [0.25, 0.3) is 0 Å². The molecule has 0 spiro atoms. The van der Waals surface area contributed by atoms with Crippen LogP contribution in [0.5, 0.6) is 5.75 Å². The molecule has 116 valence electrons. The van der Waals surface area contributed by atoms with Crippen molar-refractivity contribution >= 4 is 23.6 Å². The fourth-order valence-electron chi connectivity index (χ4n) is 1.79. The number of hydrogen-bond acceptors (Lipinski definition) is 4. The van der Waals surface area contributed by atoms with E-state index >= 15 is 0 Å². The molecule has 1 aromatic carbocycles. The average molecular weight is 311 g/mol. The van der Waals surface area contributed by atoms with Crippen molar-refractivity contribution in [1.29, 1.82) is 0 Å². The fourth-order valence-corrected chi connectivity index (χ4v) is 2.63. The number of methoxy groups -OCH3 is 1. The van der Waals surface area contributed by atoms with Crippen molar-refractivity contribution in [2.24, 2.45) is 5.92 Å². The second kappa shape index (κ2) is 8.56. The van der Waals surface area contributed by atoms with Gasteiger partial charge in [-0.2, -0.15) is 0 Å². The molecule has 1 rings (SSSR count). The lowest BCUT2D eigenvalue weighted by molar-refractivity contribution is -0.143. The maximum atomic E-state index is 12.2. The number of benzene rings is 1. The van der Waals surface area contributed by atoms with Gasteiger partial charge < -0.3 is 14.7 Å². The summed E-state index contributed by atoms with van der Waals surface area (Å²) in [5.74, 6) is 0.0223. The summed E-state index contributed by atoms with van der Waals surface area (Å²) < 4.78 is 5.13. The normalized spacial score (nSPS) is 10.5. The molecule has 0 saturated heterocycles. The van der Waals surface area contributed by atoms with Gasteiger partial charge in [0.05, 0.1) is 12.9 Å². The fraction of sp³-hybridized carbons (Fsp3) is 0.467. The van der Waals surface area contributed by atoms with Crippen LogP contribution in [-0.2, 0) is 9.59 Å². The highest BCUT2D eigenvalue weighted by Gasteiger charge is 2.18. The Labute approximate surface area is 129 Å². The van der Waals surface area contributed by atoms with Gasteiger partial charge in [0.2, 0.25) is 5.91 Å². The molecule has 6 heteroatoms. The van der Waals surface area contributed by atoms with Crippen molar-refractivity contribution in [3.05, 3.63) is 24.3 Å². The van der Waals surface area contributed by atoms with E-state index in [-0.39, 0.29) is 24.1 Å². The molecule has 1 aromatic rings. The van der Waals surface area contributed by atoms with Gasteiger partial charge in [-0.1, -0.05) is 19.9 Å². The standard InChI is InChI=1S/C15H21NO4S/c1-11(2)8-16(9-15(18)19)14(17)10-21-13-6-4-5-12(7-13)20-3/h4-7,11H,8-10H2,1-3H3,(H,18,19). The molecule has 1 amide bonds. The first-order valence-electron chi connectivity index (χ1n) is 6.68. The number of amides is 1. The van der Waals surface area contributed by atoms with E-state index in [9.17, 15) is 9.59 Å². The van der Waals surface area contributed by atoms with Crippen LogP contribution in [0.4, 0.5) is 0 Å². The molecule has 0 saturated carbocycles. The SMILES string of the molecule is COc1cccc(SCC(=O)N(CC(=O)O)CC(C)C)c1. The predicted molar refractivity (Wildman–Crippen MR) is 82.8 cm³/mol. The van der Waals surface area contributed by atoms with Gasteiger partial charge in [-0.25, -0.2) is 0 Å². The van der Waals surface area contributed by atoms with E-state index in [1.54, 1.807) is 7.11 Å². The van der Waals surface area contributed by atoms with Gasteiger partial charge in [0.15, 0.2) is 0 Å². The van der Waals surface area contributed by atoms with Crippen molar-refractivity contribution in [2.45, 2.75) is 18.7 Å². The number of carboxylic acid groups (broad SMARTS) is 1. The highest BCUT2D eigenvalue weighted by Crippen LogP contribution is 2.23. The first-order chi connectivity index (χ1) is 9.92. The van der Waals surface area contributed by atoms with Crippen LogP contribution in [0.25, 0.3) is 0 Å². The lowest BCUT2D eigenvalue weighted by atomic mass is 10.2. The zero-order valence-corrected chi connectivity index (χ0v) is 13.4. The zero-order chi connectivity index (χ0) is 15.8. The molecule has 0 atom stereocenters. The van der Waals surface area contributed by atoms with Crippen molar-refractivity contribution in [3.8, 4) is 5.75 Å². The van der Waals surface area contributed by atoms with Crippen molar-refractivity contribution in [1.82, 2.24) is 4.90 Å². The van der Waals surface area contributed by atoms with E-state index in [2.05, 4.69) is 0 Å². The predicted octanol–water partition coefficient (Wildman–Crippen LogP) is 2.36. The topological polar surface area (TPSA) is 66.8 Å². The maximum absolute atomic E-state index is 12.2. The number of carboxylic acids is 1. The third kappa shape index (κ3) is 6.53. The molecule has 0 fully saturated rings. The van der Waals surface area contributed by atoms with Crippen LogP contribution < -0.4 is 4.74 Å². The summed E-state index contributed by atoms with van der Waals surface area (Å²) in [6.07, 6.45) is 0. The van der Waals surface area contributed by atoms with E-state index in [1.807, 2.05) is 38.1 Å². The highest BCUT2D eigenvalue weighted by atomic mass is 32.2. The van der Waals surface area contributed by atoms with Gasteiger partial charge in [-0.15, -0.1) is 11.8 Å². The first kappa shape index (κ1) is 17.4. The van der Waals surface area contributed by atoms with Crippen LogP contribution in [0.3, 0.4) is 0 Å². The minimum atomic E-state index is -0.990. The van der Waals surface area contributed by atoms with E-state index in [1.165, 1.54) is 16.7 Å². The Morgan fingerprint density at radius 1 is 1.38 bits per heavy atom. The number of ether oxygens (including phenoxy) is 1. The number of aliphatic carboxylic acids is 1. The molecular weight excluding hydrogens is 290 g/mol. The van der Waals surface area contributed by atoms with Crippen molar-refractivity contribution in [3.63, 3.8) is 0 Å². The third-order valence-corrected chi connectivity index (χ3v) is 3.65. The molecule has 0 heterocycles. The summed E-state index contributed by atoms with van der Waals surface area (Å²) in [5.41, 5.74) is 0. The quantitative estimate of drug-likeness (QED) is 0.747. The minimum Gasteiger partial charge on any atom is -0.497 e. The number of rotatable bonds is 8. The Bertz CT molecular complexity index is 490. The Hall–Kier alpha value is -1.69. The van der Waals surface area contributed by atoms with E-state index < -0.39 is 5.97 Å². The Kier molecular flexibility index (Phi) is 7.08. The van der Waals surface area contributed by atoms with Crippen LogP contribution in [0, 0.1) is 5.92 Å². The summed E-state index contributed by atoms with van der Waals surface area (Å²) in [4.78, 5) is 25.3. The number of carbonyl (C=O) groups excluding carboxylic acids is 1. The van der Waals surface area contributed by atoms with E-state index in [0.29, 0.717) is 6.54 Å². The maximum Gasteiger partial charge on any atom is 0.323 e. The number of thioether (sulfide) groups is 1. The highest BCUT2D eigenvalue weighted by molar-refractivity contribution is 8.00. The van der Waals surface area contributed by atoms with Crippen LogP contribution in [0.15, 0.2) is 29.2 Å². The largest absolute Gasteiger partial charge is 0.497 e. The van der Waals surface area contributed by atoms with Gasteiger partial charge in [0.1, 0.15) is 12.3 Å². The minimum absolute atomic E-state index is 0.168. The van der Waals surface area contributed by atoms with Crippen molar-refractivity contribution < 1.29 is 19.4 Å². The monoisotopic (exact) mass is 311 g/mol. The van der Waals surface area contributed by atoms with Crippen LogP contribution in [-0.4, -0.2) is 47.8 Å². The molecule has 0 aromatic heterocycles. The third-order valence-electron chi connectivity index (χ3n) is 2.67. The number of carbonyl (C=O) groups is 2. The molecule has 1 N–H and O–H groups in total.